The Balaban J connectivity index is 1.94. The average Bonchev–Trinajstić information content (AvgIpc) is 2.77. The summed E-state index contributed by atoms with van der Waals surface area (Å²) in [5.41, 5.74) is 10.0. The number of hydrogen-bond donors (Lipinski definition) is 0. The minimum atomic E-state index is -4.28. The Labute approximate surface area is 179 Å². The highest BCUT2D eigenvalue weighted by Gasteiger charge is 2.46. The van der Waals surface area contributed by atoms with Crippen molar-refractivity contribution in [3.8, 4) is 0 Å². The molecule has 11 heteroatoms. The van der Waals surface area contributed by atoms with Gasteiger partial charge in [-0.25, -0.2) is 4.79 Å². The normalized spacial score (nSPS) is 23.5. The highest BCUT2D eigenvalue weighted by atomic mass is 32.2. The van der Waals surface area contributed by atoms with Crippen molar-refractivity contribution in [2.75, 3.05) is 13.7 Å². The van der Waals surface area contributed by atoms with Gasteiger partial charge in [0.05, 0.1) is 23.1 Å². The summed E-state index contributed by atoms with van der Waals surface area (Å²) in [4.78, 5) is 15.3. The monoisotopic (exact) mass is 447 g/mol. The first-order valence-electron chi connectivity index (χ1n) is 9.30. The number of carbonyl (C=O) groups is 1. The Morgan fingerprint density at radius 2 is 1.81 bits per heavy atom. The van der Waals surface area contributed by atoms with Crippen LogP contribution in [0.4, 0.5) is 0 Å². The molecule has 2 aromatic carbocycles. The number of esters is 1. The molecule has 2 aromatic rings. The van der Waals surface area contributed by atoms with Crippen LogP contribution in [0.3, 0.4) is 0 Å². The fourth-order valence-corrected chi connectivity index (χ4v) is 4.15. The number of hydrogen-bond acceptors (Lipinski definition) is 8. The van der Waals surface area contributed by atoms with Crippen molar-refractivity contribution in [3.05, 3.63) is 76.2 Å². The van der Waals surface area contributed by atoms with Crippen LogP contribution in [0.5, 0.6) is 0 Å². The zero-order chi connectivity index (χ0) is 22.4. The fraction of sp³-hybridized carbons (Fsp3) is 0.350. The number of aryl methyl sites for hydroxylation is 1. The molecular formula is C20H21N3O7S. The Morgan fingerprint density at radius 1 is 1.13 bits per heavy atom. The van der Waals surface area contributed by atoms with Crippen molar-refractivity contribution in [2.24, 2.45) is 5.11 Å². The van der Waals surface area contributed by atoms with Gasteiger partial charge in [-0.05, 0) is 36.7 Å². The van der Waals surface area contributed by atoms with Crippen molar-refractivity contribution < 1.29 is 31.6 Å². The summed E-state index contributed by atoms with van der Waals surface area (Å²) in [6.45, 7) is 1.63. The topological polar surface area (TPSA) is 137 Å². The van der Waals surface area contributed by atoms with Crippen LogP contribution in [-0.2, 0) is 28.5 Å². The molecule has 1 aliphatic rings. The molecule has 0 aliphatic carbocycles. The maximum Gasteiger partial charge on any atom is 0.338 e. The molecule has 10 nitrogen and oxygen atoms in total. The van der Waals surface area contributed by atoms with Gasteiger partial charge in [0.1, 0.15) is 6.10 Å². The van der Waals surface area contributed by atoms with Gasteiger partial charge in [-0.2, -0.15) is 8.42 Å². The number of azide groups is 1. The minimum absolute atomic E-state index is 0.0913. The standard InChI is InChI=1S/C20H21N3O7S/c1-13-8-10-15(11-9-13)31(25,26)30-17-16(22-23-21)12-28-20(27-2)18(17)29-19(24)14-6-4-3-5-7-14/h3-11,16-18,20H,12H2,1-2H3/t16-,17+,18-,20+/m1/s1. The first kappa shape index (κ1) is 22.7. The molecule has 31 heavy (non-hydrogen) atoms. The number of methoxy groups -OCH3 is 1. The summed E-state index contributed by atoms with van der Waals surface area (Å²) >= 11 is 0. The molecule has 0 amide bonds. The van der Waals surface area contributed by atoms with E-state index in [0.717, 1.165) is 5.56 Å². The van der Waals surface area contributed by atoms with E-state index in [2.05, 4.69) is 10.0 Å². The van der Waals surface area contributed by atoms with Crippen LogP contribution in [0.25, 0.3) is 10.4 Å². The molecule has 0 N–H and O–H groups in total. The molecule has 1 saturated heterocycles. The molecule has 1 aliphatic heterocycles. The smallest absolute Gasteiger partial charge is 0.338 e. The van der Waals surface area contributed by atoms with Crippen molar-refractivity contribution in [1.82, 2.24) is 0 Å². The molecule has 0 radical (unpaired) electrons. The van der Waals surface area contributed by atoms with E-state index in [1.165, 1.54) is 31.4 Å². The van der Waals surface area contributed by atoms with Gasteiger partial charge in [0.2, 0.25) is 0 Å². The maximum atomic E-state index is 12.9. The fourth-order valence-electron chi connectivity index (χ4n) is 3.04. The number of carbonyl (C=O) groups excluding carboxylic acids is 1. The third kappa shape index (κ3) is 5.40. The van der Waals surface area contributed by atoms with Crippen LogP contribution in [0.1, 0.15) is 15.9 Å². The Hall–Kier alpha value is -2.95. The van der Waals surface area contributed by atoms with Gasteiger partial charge in [-0.1, -0.05) is 41.0 Å². The Bertz CT molecular complexity index is 1050. The van der Waals surface area contributed by atoms with Crippen LogP contribution >= 0.6 is 0 Å². The first-order valence-corrected chi connectivity index (χ1v) is 10.7. The van der Waals surface area contributed by atoms with Crippen molar-refractivity contribution in [1.29, 1.82) is 0 Å². The lowest BCUT2D eigenvalue weighted by Crippen LogP contribution is -2.56. The highest BCUT2D eigenvalue weighted by Crippen LogP contribution is 2.28. The number of rotatable bonds is 7. The zero-order valence-electron chi connectivity index (χ0n) is 16.8. The summed E-state index contributed by atoms with van der Waals surface area (Å²) in [5, 5.41) is 3.58. The molecule has 1 heterocycles. The average molecular weight is 447 g/mol. The largest absolute Gasteiger partial charge is 0.450 e. The number of ether oxygens (including phenoxy) is 3. The minimum Gasteiger partial charge on any atom is -0.450 e. The van der Waals surface area contributed by atoms with Crippen LogP contribution in [0.2, 0.25) is 0 Å². The van der Waals surface area contributed by atoms with Gasteiger partial charge >= 0.3 is 5.97 Å². The van der Waals surface area contributed by atoms with E-state index in [4.69, 9.17) is 23.9 Å². The molecule has 0 bridgehead atoms. The number of benzene rings is 2. The zero-order valence-corrected chi connectivity index (χ0v) is 17.6. The quantitative estimate of drug-likeness (QED) is 0.209. The van der Waals surface area contributed by atoms with Crippen molar-refractivity contribution >= 4 is 16.1 Å². The maximum absolute atomic E-state index is 12.9. The molecule has 1 fully saturated rings. The van der Waals surface area contributed by atoms with E-state index in [1.54, 1.807) is 30.3 Å². The molecule has 3 rings (SSSR count). The van der Waals surface area contributed by atoms with Gasteiger partial charge in [0.25, 0.3) is 10.1 Å². The lowest BCUT2D eigenvalue weighted by atomic mass is 10.0. The third-order valence-corrected chi connectivity index (χ3v) is 5.96. The molecule has 0 saturated carbocycles. The van der Waals surface area contributed by atoms with E-state index in [9.17, 15) is 13.2 Å². The van der Waals surface area contributed by atoms with Crippen molar-refractivity contribution in [2.45, 2.75) is 36.4 Å². The summed E-state index contributed by atoms with van der Waals surface area (Å²) in [5.74, 6) is -0.737. The summed E-state index contributed by atoms with van der Waals surface area (Å²) in [7, 11) is -2.97. The van der Waals surface area contributed by atoms with Crippen LogP contribution in [0, 0.1) is 6.92 Å². The SMILES string of the molecule is CO[C@H]1OC[C@@H](N=[N+]=[N-])[C@H](OS(=O)(=O)c2ccc(C)cc2)[C@H]1OC(=O)c1ccccc1. The Kier molecular flexibility index (Phi) is 7.26. The van der Waals surface area contributed by atoms with E-state index in [0.29, 0.717) is 0 Å². The summed E-state index contributed by atoms with van der Waals surface area (Å²) in [6, 6.07) is 13.1. The highest BCUT2D eigenvalue weighted by molar-refractivity contribution is 7.86. The van der Waals surface area contributed by atoms with Gasteiger partial charge in [-0.15, -0.1) is 0 Å². The predicted octanol–water partition coefficient (Wildman–Crippen LogP) is 2.98. The van der Waals surface area contributed by atoms with Gasteiger partial charge < -0.3 is 14.2 Å². The predicted molar refractivity (Wildman–Crippen MR) is 109 cm³/mol. The summed E-state index contributed by atoms with van der Waals surface area (Å²) in [6.07, 6.45) is -3.81. The van der Waals surface area contributed by atoms with E-state index >= 15 is 0 Å². The number of nitrogens with zero attached hydrogens (tertiary/aromatic N) is 3. The van der Waals surface area contributed by atoms with E-state index in [-0.39, 0.29) is 17.1 Å². The van der Waals surface area contributed by atoms with Gasteiger partial charge in [-0.3, -0.25) is 4.18 Å². The molecule has 4 atom stereocenters. The van der Waals surface area contributed by atoms with Gasteiger partial charge in [0, 0.05) is 12.0 Å². The third-order valence-electron chi connectivity index (χ3n) is 4.63. The first-order chi connectivity index (χ1) is 14.9. The lowest BCUT2D eigenvalue weighted by molar-refractivity contribution is -0.232. The molecule has 164 valence electrons. The molecule has 0 aromatic heterocycles. The van der Waals surface area contributed by atoms with Crippen LogP contribution in [-0.4, -0.2) is 52.6 Å². The van der Waals surface area contributed by atoms with Gasteiger partial charge in [0.15, 0.2) is 12.4 Å². The van der Waals surface area contributed by atoms with Crippen LogP contribution < -0.4 is 0 Å². The Morgan fingerprint density at radius 3 is 2.42 bits per heavy atom. The van der Waals surface area contributed by atoms with Crippen molar-refractivity contribution in [3.63, 3.8) is 0 Å². The second-order valence-corrected chi connectivity index (χ2v) is 8.35. The second-order valence-electron chi connectivity index (χ2n) is 6.77. The molecule has 0 unspecified atom stereocenters. The van der Waals surface area contributed by atoms with E-state index < -0.39 is 40.6 Å². The molecule has 0 spiro atoms. The summed E-state index contributed by atoms with van der Waals surface area (Å²) < 4.78 is 47.4. The molecular weight excluding hydrogens is 426 g/mol. The second kappa shape index (κ2) is 9.90. The van der Waals surface area contributed by atoms with Crippen LogP contribution in [0.15, 0.2) is 64.6 Å². The van der Waals surface area contributed by atoms with E-state index in [1.807, 2.05) is 6.92 Å². The lowest BCUT2D eigenvalue weighted by Gasteiger charge is -2.38.